The number of ether oxygens (including phenoxy) is 1. The molecule has 138 valence electrons. The summed E-state index contributed by atoms with van der Waals surface area (Å²) in [6.45, 7) is 2.77. The maximum Gasteiger partial charge on any atom is 0.121 e. The predicted octanol–water partition coefficient (Wildman–Crippen LogP) is 5.63. The second-order valence-corrected chi connectivity index (χ2v) is 8.11. The van der Waals surface area contributed by atoms with Gasteiger partial charge in [0.05, 0.1) is 12.0 Å². The van der Waals surface area contributed by atoms with Gasteiger partial charge in [0.15, 0.2) is 0 Å². The van der Waals surface area contributed by atoms with E-state index in [0.29, 0.717) is 12.5 Å². The van der Waals surface area contributed by atoms with Crippen LogP contribution in [0.1, 0.15) is 17.5 Å². The van der Waals surface area contributed by atoms with Crippen LogP contribution in [-0.4, -0.2) is 32.0 Å². The molecule has 0 amide bonds. The molecule has 3 rings (SSSR count). The highest BCUT2D eigenvalue weighted by molar-refractivity contribution is 8.00. The zero-order valence-electron chi connectivity index (χ0n) is 15.5. The Morgan fingerprint density at radius 2 is 2.08 bits per heavy atom. The molecule has 1 N–H and O–H groups in total. The lowest BCUT2D eigenvalue weighted by Crippen LogP contribution is -2.11. The first kappa shape index (κ1) is 19.0. The van der Waals surface area contributed by atoms with Gasteiger partial charge in [-0.1, -0.05) is 30.0 Å². The normalized spacial score (nSPS) is 15.8. The molecule has 5 heteroatoms. The zero-order chi connectivity index (χ0) is 18.5. The summed E-state index contributed by atoms with van der Waals surface area (Å²) >= 11 is 7.56. The van der Waals surface area contributed by atoms with E-state index >= 15 is 0 Å². The number of aryl methyl sites for hydroxylation is 1. The topological polar surface area (TPSA) is 24.5 Å². The van der Waals surface area contributed by atoms with E-state index in [-0.39, 0.29) is 5.37 Å². The highest BCUT2D eigenvalue weighted by atomic mass is 35.5. The van der Waals surface area contributed by atoms with Gasteiger partial charge in [0.1, 0.15) is 5.75 Å². The molecule has 1 atom stereocenters. The van der Waals surface area contributed by atoms with Gasteiger partial charge in [-0.05, 0) is 48.7 Å². The van der Waals surface area contributed by atoms with Crippen molar-refractivity contribution in [3.63, 3.8) is 0 Å². The molecule has 2 aromatic rings. The number of anilines is 2. The van der Waals surface area contributed by atoms with Crippen molar-refractivity contribution in [2.75, 3.05) is 36.8 Å². The quantitative estimate of drug-likeness (QED) is 0.491. The van der Waals surface area contributed by atoms with E-state index in [1.54, 1.807) is 0 Å². The Hall–Kier alpha value is -1.78. The van der Waals surface area contributed by atoms with E-state index < -0.39 is 0 Å². The average molecular weight is 389 g/mol. The maximum absolute atomic E-state index is 5.77. The van der Waals surface area contributed by atoms with E-state index in [1.165, 1.54) is 21.7 Å². The standard InChI is InChI=1S/C21H25ClN2OS/c1-15-5-9-20-18(13-15)23-21(26-20)10-7-16-6-8-17(25-12-4-11-22)14-19(16)24(2)3/h5-10,13-14,21,23H,4,11-12H2,1-3H3/b10-7+. The summed E-state index contributed by atoms with van der Waals surface area (Å²) < 4.78 is 5.77. The van der Waals surface area contributed by atoms with Crippen molar-refractivity contribution in [2.45, 2.75) is 23.6 Å². The first-order chi connectivity index (χ1) is 12.6. The van der Waals surface area contributed by atoms with Crippen LogP contribution in [0, 0.1) is 6.92 Å². The first-order valence-corrected chi connectivity index (χ1v) is 10.2. The Labute approximate surface area is 165 Å². The van der Waals surface area contributed by atoms with Crippen molar-refractivity contribution >= 4 is 40.8 Å². The van der Waals surface area contributed by atoms with Gasteiger partial charge in [-0.15, -0.1) is 11.6 Å². The largest absolute Gasteiger partial charge is 0.493 e. The van der Waals surface area contributed by atoms with Crippen molar-refractivity contribution in [2.24, 2.45) is 0 Å². The molecular formula is C21H25ClN2OS. The van der Waals surface area contributed by atoms with Crippen LogP contribution in [0.25, 0.3) is 6.08 Å². The van der Waals surface area contributed by atoms with Crippen LogP contribution in [0.15, 0.2) is 47.4 Å². The highest BCUT2D eigenvalue weighted by Crippen LogP contribution is 2.39. The fraction of sp³-hybridized carbons (Fsp3) is 0.333. The number of rotatable bonds is 7. The molecule has 2 aromatic carbocycles. The lowest BCUT2D eigenvalue weighted by molar-refractivity contribution is 0.318. The molecule has 0 saturated heterocycles. The van der Waals surface area contributed by atoms with Crippen molar-refractivity contribution < 1.29 is 4.74 Å². The second kappa shape index (κ2) is 8.74. The number of benzene rings is 2. The van der Waals surface area contributed by atoms with Crippen LogP contribution in [0.4, 0.5) is 11.4 Å². The van der Waals surface area contributed by atoms with Crippen LogP contribution < -0.4 is 15.0 Å². The van der Waals surface area contributed by atoms with Gasteiger partial charge in [0, 0.05) is 42.3 Å². The summed E-state index contributed by atoms with van der Waals surface area (Å²) in [6, 6.07) is 12.8. The molecule has 1 aliphatic heterocycles. The molecule has 1 heterocycles. The van der Waals surface area contributed by atoms with Crippen molar-refractivity contribution in [3.05, 3.63) is 53.6 Å². The minimum absolute atomic E-state index is 0.251. The van der Waals surface area contributed by atoms with Crippen LogP contribution in [0.2, 0.25) is 0 Å². The number of nitrogens with one attached hydrogen (secondary N) is 1. The summed E-state index contributed by atoms with van der Waals surface area (Å²) in [6.07, 6.45) is 5.25. The second-order valence-electron chi connectivity index (χ2n) is 6.55. The lowest BCUT2D eigenvalue weighted by atomic mass is 10.1. The molecule has 3 nitrogen and oxygen atoms in total. The number of alkyl halides is 1. The maximum atomic E-state index is 5.77. The minimum atomic E-state index is 0.251. The zero-order valence-corrected chi connectivity index (χ0v) is 17.0. The molecule has 26 heavy (non-hydrogen) atoms. The average Bonchev–Trinajstić information content (AvgIpc) is 3.02. The SMILES string of the molecule is Cc1ccc2c(c1)NC(/C=C/c1ccc(OCCCCl)cc1N(C)C)S2. The third-order valence-corrected chi connectivity index (χ3v) is 5.57. The summed E-state index contributed by atoms with van der Waals surface area (Å²) in [5.41, 5.74) is 4.82. The van der Waals surface area contributed by atoms with E-state index in [0.717, 1.165) is 17.9 Å². The number of hydrogen-bond acceptors (Lipinski definition) is 4. The van der Waals surface area contributed by atoms with E-state index in [2.05, 4.69) is 73.7 Å². The number of thioether (sulfide) groups is 1. The summed E-state index contributed by atoms with van der Waals surface area (Å²) in [5.74, 6) is 1.50. The molecule has 0 aliphatic carbocycles. The Morgan fingerprint density at radius 3 is 2.85 bits per heavy atom. The van der Waals surface area contributed by atoms with Crippen LogP contribution in [0.5, 0.6) is 5.75 Å². The third-order valence-electron chi connectivity index (χ3n) is 4.17. The van der Waals surface area contributed by atoms with Crippen LogP contribution in [-0.2, 0) is 0 Å². The number of hydrogen-bond donors (Lipinski definition) is 1. The predicted molar refractivity (Wildman–Crippen MR) is 115 cm³/mol. The monoisotopic (exact) mass is 388 g/mol. The van der Waals surface area contributed by atoms with Crippen LogP contribution >= 0.6 is 23.4 Å². The van der Waals surface area contributed by atoms with Gasteiger partial charge in [0.2, 0.25) is 0 Å². The molecule has 1 unspecified atom stereocenters. The smallest absolute Gasteiger partial charge is 0.121 e. The van der Waals surface area contributed by atoms with Gasteiger partial charge >= 0.3 is 0 Å². The van der Waals surface area contributed by atoms with E-state index in [1.807, 2.05) is 17.8 Å². The minimum Gasteiger partial charge on any atom is -0.493 e. The lowest BCUT2D eigenvalue weighted by Gasteiger charge is -2.18. The fourth-order valence-electron chi connectivity index (χ4n) is 2.84. The Balaban J connectivity index is 1.72. The van der Waals surface area contributed by atoms with E-state index in [4.69, 9.17) is 16.3 Å². The molecule has 0 aromatic heterocycles. The number of nitrogens with zero attached hydrogens (tertiary/aromatic N) is 1. The van der Waals surface area contributed by atoms with E-state index in [9.17, 15) is 0 Å². The van der Waals surface area contributed by atoms with Gasteiger partial charge in [-0.3, -0.25) is 0 Å². The summed E-state index contributed by atoms with van der Waals surface area (Å²) in [5, 5.41) is 3.82. The molecular weight excluding hydrogens is 364 g/mol. The Bertz CT molecular complexity index is 792. The molecule has 0 bridgehead atoms. The molecule has 0 spiro atoms. The molecule has 0 saturated carbocycles. The molecule has 1 aliphatic rings. The summed E-state index contributed by atoms with van der Waals surface area (Å²) in [7, 11) is 4.10. The van der Waals surface area contributed by atoms with Gasteiger partial charge in [-0.2, -0.15) is 0 Å². The molecule has 0 radical (unpaired) electrons. The number of fused-ring (bicyclic) bond motifs is 1. The third kappa shape index (κ3) is 4.68. The highest BCUT2D eigenvalue weighted by Gasteiger charge is 2.18. The van der Waals surface area contributed by atoms with Crippen molar-refractivity contribution in [1.29, 1.82) is 0 Å². The fourth-order valence-corrected chi connectivity index (χ4v) is 3.96. The van der Waals surface area contributed by atoms with Gasteiger partial charge in [0.25, 0.3) is 0 Å². The van der Waals surface area contributed by atoms with Gasteiger partial charge in [-0.25, -0.2) is 0 Å². The Kier molecular flexibility index (Phi) is 6.38. The van der Waals surface area contributed by atoms with Crippen molar-refractivity contribution in [3.8, 4) is 5.75 Å². The Morgan fingerprint density at radius 1 is 1.23 bits per heavy atom. The van der Waals surface area contributed by atoms with Gasteiger partial charge < -0.3 is 15.0 Å². The van der Waals surface area contributed by atoms with Crippen molar-refractivity contribution in [1.82, 2.24) is 0 Å². The molecule has 0 fully saturated rings. The first-order valence-electron chi connectivity index (χ1n) is 8.79. The number of halogens is 1. The summed E-state index contributed by atoms with van der Waals surface area (Å²) in [4.78, 5) is 3.42. The van der Waals surface area contributed by atoms with Crippen LogP contribution in [0.3, 0.4) is 0 Å².